The molecule has 0 bridgehead atoms. The average Bonchev–Trinajstić information content (AvgIpc) is 2.97. The number of halogens is 3. The van der Waals surface area contributed by atoms with E-state index in [4.69, 9.17) is 11.1 Å². The number of alkyl halides is 3. The number of benzene rings is 1. The summed E-state index contributed by atoms with van der Waals surface area (Å²) in [6, 6.07) is 3.48. The standard InChI is InChI=1S/C16H16F3N5O3S/c17-16(18,19)9-1-3-10(4-2-9)22-15-11(14(21)25)7-24(23-15)13-5-6-28(26,27)8-12(13)20/h1-4,7,13,20H,5-6,8H2,(H2,21,25)(H,22,23)/t13-/m1/s1. The molecule has 1 fully saturated rings. The van der Waals surface area contributed by atoms with Crippen molar-refractivity contribution in [3.05, 3.63) is 41.6 Å². The first-order valence-electron chi connectivity index (χ1n) is 8.07. The van der Waals surface area contributed by atoms with Gasteiger partial charge in [-0.15, -0.1) is 0 Å². The molecule has 1 aromatic carbocycles. The molecule has 1 aromatic heterocycles. The van der Waals surface area contributed by atoms with Gasteiger partial charge in [-0.05, 0) is 30.7 Å². The van der Waals surface area contributed by atoms with Crippen molar-refractivity contribution < 1.29 is 26.4 Å². The summed E-state index contributed by atoms with van der Waals surface area (Å²) >= 11 is 0. The Labute approximate surface area is 158 Å². The van der Waals surface area contributed by atoms with Gasteiger partial charge in [-0.1, -0.05) is 0 Å². The molecule has 4 N–H and O–H groups in total. The summed E-state index contributed by atoms with van der Waals surface area (Å²) in [7, 11) is -3.32. The third-order valence-corrected chi connectivity index (χ3v) is 5.88. The summed E-state index contributed by atoms with van der Waals surface area (Å²) in [5.41, 5.74) is 4.68. The molecule has 0 saturated carbocycles. The highest BCUT2D eigenvalue weighted by molar-refractivity contribution is 7.92. The van der Waals surface area contributed by atoms with E-state index >= 15 is 0 Å². The van der Waals surface area contributed by atoms with Crippen LogP contribution in [0.2, 0.25) is 0 Å². The SMILES string of the molecule is N=C1CS(=O)(=O)CC[C@H]1n1cc(C(N)=O)c(Nc2ccc(C(F)(F)F)cc2)n1. The first-order chi connectivity index (χ1) is 13.0. The highest BCUT2D eigenvalue weighted by atomic mass is 32.2. The predicted molar refractivity (Wildman–Crippen MR) is 95.5 cm³/mol. The van der Waals surface area contributed by atoms with E-state index in [1.807, 2.05) is 0 Å². The number of nitrogens with one attached hydrogen (secondary N) is 2. The number of anilines is 2. The van der Waals surface area contributed by atoms with Gasteiger partial charge in [-0.25, -0.2) is 8.42 Å². The number of rotatable bonds is 4. The maximum Gasteiger partial charge on any atom is 0.416 e. The van der Waals surface area contributed by atoms with Crippen LogP contribution < -0.4 is 11.1 Å². The van der Waals surface area contributed by atoms with Gasteiger partial charge in [-0.2, -0.15) is 18.3 Å². The van der Waals surface area contributed by atoms with Crippen molar-refractivity contribution in [1.29, 1.82) is 5.41 Å². The third kappa shape index (κ3) is 4.16. The van der Waals surface area contributed by atoms with Crippen LogP contribution in [0, 0.1) is 5.41 Å². The lowest BCUT2D eigenvalue weighted by atomic mass is 10.1. The zero-order chi connectivity index (χ0) is 20.7. The van der Waals surface area contributed by atoms with Crippen LogP contribution in [-0.2, 0) is 16.0 Å². The van der Waals surface area contributed by atoms with Gasteiger partial charge < -0.3 is 16.5 Å². The van der Waals surface area contributed by atoms with E-state index in [1.165, 1.54) is 23.0 Å². The Morgan fingerprint density at radius 3 is 2.46 bits per heavy atom. The highest BCUT2D eigenvalue weighted by Gasteiger charge is 2.32. The number of carbonyl (C=O) groups is 1. The van der Waals surface area contributed by atoms with Crippen molar-refractivity contribution in [2.45, 2.75) is 18.6 Å². The van der Waals surface area contributed by atoms with Gasteiger partial charge in [0.15, 0.2) is 15.7 Å². The maximum absolute atomic E-state index is 12.7. The number of nitrogens with zero attached hydrogens (tertiary/aromatic N) is 2. The Balaban J connectivity index is 1.88. The number of amides is 1. The van der Waals surface area contributed by atoms with Gasteiger partial charge in [0, 0.05) is 17.6 Å². The van der Waals surface area contributed by atoms with Gasteiger partial charge in [0.25, 0.3) is 5.91 Å². The number of nitrogens with two attached hydrogens (primary N) is 1. The number of aromatic nitrogens is 2. The molecule has 1 saturated heterocycles. The van der Waals surface area contributed by atoms with Crippen molar-refractivity contribution in [3.63, 3.8) is 0 Å². The zero-order valence-corrected chi connectivity index (χ0v) is 15.1. The van der Waals surface area contributed by atoms with Crippen LogP contribution in [0.3, 0.4) is 0 Å². The molecule has 3 rings (SSSR count). The fraction of sp³-hybridized carbons (Fsp3) is 0.312. The molecule has 150 valence electrons. The van der Waals surface area contributed by atoms with E-state index in [0.29, 0.717) is 0 Å². The van der Waals surface area contributed by atoms with E-state index in [2.05, 4.69) is 10.4 Å². The molecule has 1 aliphatic heterocycles. The molecule has 28 heavy (non-hydrogen) atoms. The number of primary amides is 1. The highest BCUT2D eigenvalue weighted by Crippen LogP contribution is 2.31. The fourth-order valence-corrected chi connectivity index (χ4v) is 4.26. The Hall–Kier alpha value is -2.89. The van der Waals surface area contributed by atoms with Crippen LogP contribution in [0.5, 0.6) is 0 Å². The van der Waals surface area contributed by atoms with Crippen molar-refractivity contribution >= 4 is 33.0 Å². The van der Waals surface area contributed by atoms with E-state index in [1.54, 1.807) is 0 Å². The summed E-state index contributed by atoms with van der Waals surface area (Å²) < 4.78 is 62.5. The summed E-state index contributed by atoms with van der Waals surface area (Å²) in [5.74, 6) is -1.33. The van der Waals surface area contributed by atoms with E-state index in [-0.39, 0.29) is 35.0 Å². The molecule has 1 aliphatic rings. The number of carbonyl (C=O) groups excluding carboxylic acids is 1. The first kappa shape index (κ1) is 19.9. The minimum Gasteiger partial charge on any atom is -0.365 e. The summed E-state index contributed by atoms with van der Waals surface area (Å²) in [4.78, 5) is 11.7. The van der Waals surface area contributed by atoms with Crippen LogP contribution in [-0.4, -0.2) is 41.3 Å². The molecule has 0 spiro atoms. The lowest BCUT2D eigenvalue weighted by Gasteiger charge is -2.23. The molecular formula is C16H16F3N5O3S. The minimum absolute atomic E-state index is 0.00786. The quantitative estimate of drug-likeness (QED) is 0.704. The topological polar surface area (TPSA) is 131 Å². The molecular weight excluding hydrogens is 399 g/mol. The summed E-state index contributed by atoms with van der Waals surface area (Å²) in [6.07, 6.45) is -3.05. The van der Waals surface area contributed by atoms with Crippen LogP contribution in [0.25, 0.3) is 0 Å². The largest absolute Gasteiger partial charge is 0.416 e. The molecule has 12 heteroatoms. The van der Waals surface area contributed by atoms with Crippen molar-refractivity contribution in [3.8, 4) is 0 Å². The molecule has 1 amide bonds. The Kier molecular flexibility index (Phi) is 4.91. The molecule has 2 heterocycles. The predicted octanol–water partition coefficient (Wildman–Crippen LogP) is 2.12. The van der Waals surface area contributed by atoms with Crippen molar-refractivity contribution in [2.24, 2.45) is 5.73 Å². The minimum atomic E-state index is -4.47. The Morgan fingerprint density at radius 1 is 1.29 bits per heavy atom. The van der Waals surface area contributed by atoms with Crippen LogP contribution >= 0.6 is 0 Å². The van der Waals surface area contributed by atoms with Crippen molar-refractivity contribution in [2.75, 3.05) is 16.8 Å². The van der Waals surface area contributed by atoms with Gasteiger partial charge in [0.1, 0.15) is 5.56 Å². The van der Waals surface area contributed by atoms with Crippen molar-refractivity contribution in [1.82, 2.24) is 9.78 Å². The van der Waals surface area contributed by atoms with Gasteiger partial charge in [0.2, 0.25) is 0 Å². The normalized spacial score (nSPS) is 19.4. The molecule has 1 atom stereocenters. The lowest BCUT2D eigenvalue weighted by Crippen LogP contribution is -2.34. The second-order valence-electron chi connectivity index (χ2n) is 6.36. The first-order valence-corrected chi connectivity index (χ1v) is 9.89. The van der Waals surface area contributed by atoms with E-state index in [9.17, 15) is 26.4 Å². The van der Waals surface area contributed by atoms with Gasteiger partial charge >= 0.3 is 6.18 Å². The molecule has 0 radical (unpaired) electrons. The third-order valence-electron chi connectivity index (χ3n) is 4.27. The van der Waals surface area contributed by atoms with Crippen LogP contribution in [0.15, 0.2) is 30.5 Å². The molecule has 0 aliphatic carbocycles. The number of hydrogen-bond donors (Lipinski definition) is 3. The smallest absolute Gasteiger partial charge is 0.365 e. The lowest BCUT2D eigenvalue weighted by molar-refractivity contribution is -0.137. The van der Waals surface area contributed by atoms with Crippen LogP contribution in [0.4, 0.5) is 24.7 Å². The fourth-order valence-electron chi connectivity index (χ4n) is 2.87. The zero-order valence-electron chi connectivity index (χ0n) is 14.3. The van der Waals surface area contributed by atoms with E-state index < -0.39 is 39.3 Å². The second-order valence-corrected chi connectivity index (χ2v) is 8.54. The molecule has 8 nitrogen and oxygen atoms in total. The summed E-state index contributed by atoms with van der Waals surface area (Å²) in [5, 5.41) is 14.8. The summed E-state index contributed by atoms with van der Waals surface area (Å²) in [6.45, 7) is 0. The molecule has 2 aromatic rings. The maximum atomic E-state index is 12.7. The Bertz CT molecular complexity index is 1030. The van der Waals surface area contributed by atoms with E-state index in [0.717, 1.165) is 12.1 Å². The molecule has 0 unspecified atom stereocenters. The monoisotopic (exact) mass is 415 g/mol. The van der Waals surface area contributed by atoms with Crippen LogP contribution in [0.1, 0.15) is 28.4 Å². The average molecular weight is 415 g/mol. The van der Waals surface area contributed by atoms with Gasteiger partial charge in [0.05, 0.1) is 23.1 Å². The van der Waals surface area contributed by atoms with Gasteiger partial charge in [-0.3, -0.25) is 9.48 Å². The number of sulfone groups is 1. The Morgan fingerprint density at radius 2 is 1.93 bits per heavy atom. The second kappa shape index (κ2) is 6.93. The number of hydrogen-bond acceptors (Lipinski definition) is 6.